The molecule has 1 fully saturated rings. The van der Waals surface area contributed by atoms with E-state index in [0.29, 0.717) is 21.8 Å². The first-order chi connectivity index (χ1) is 15.4. The minimum Gasteiger partial charge on any atom is -0.508 e. The van der Waals surface area contributed by atoms with Gasteiger partial charge < -0.3 is 10.2 Å². The second-order valence-electron chi connectivity index (χ2n) is 7.47. The van der Waals surface area contributed by atoms with Gasteiger partial charge in [0.2, 0.25) is 0 Å². The van der Waals surface area contributed by atoms with Crippen molar-refractivity contribution in [3.05, 3.63) is 89.3 Å². The van der Waals surface area contributed by atoms with Crippen LogP contribution < -0.4 is 4.90 Å². The van der Waals surface area contributed by atoms with Crippen molar-refractivity contribution in [1.82, 2.24) is 9.97 Å². The van der Waals surface area contributed by atoms with Gasteiger partial charge >= 0.3 is 5.91 Å². The Hall–Kier alpha value is -4.04. The Morgan fingerprint density at radius 2 is 1.84 bits per heavy atom. The van der Waals surface area contributed by atoms with E-state index in [1.807, 2.05) is 25.1 Å². The van der Waals surface area contributed by atoms with Gasteiger partial charge in [0, 0.05) is 18.0 Å². The van der Waals surface area contributed by atoms with Crippen molar-refractivity contribution in [2.45, 2.75) is 13.0 Å². The molecule has 1 unspecified atom stereocenters. The fraction of sp³-hybridized carbons (Fsp3) is 0.0833. The summed E-state index contributed by atoms with van der Waals surface area (Å²) < 4.78 is 0.880. The van der Waals surface area contributed by atoms with Gasteiger partial charge in [-0.1, -0.05) is 29.5 Å². The number of nitrogens with zero attached hydrogens (tertiary/aromatic N) is 3. The quantitative estimate of drug-likeness (QED) is 0.277. The summed E-state index contributed by atoms with van der Waals surface area (Å²) in [5, 5.41) is 21.4. The first-order valence-electron chi connectivity index (χ1n) is 9.81. The molecule has 1 aliphatic heterocycles. The van der Waals surface area contributed by atoms with Crippen LogP contribution in [-0.4, -0.2) is 31.9 Å². The number of pyridine rings is 1. The van der Waals surface area contributed by atoms with Gasteiger partial charge in [0.1, 0.15) is 11.5 Å². The fourth-order valence-electron chi connectivity index (χ4n) is 3.83. The maximum absolute atomic E-state index is 13.2. The van der Waals surface area contributed by atoms with E-state index in [0.717, 1.165) is 10.3 Å². The van der Waals surface area contributed by atoms with Crippen LogP contribution in [0.5, 0.6) is 5.75 Å². The van der Waals surface area contributed by atoms with Crippen LogP contribution in [-0.2, 0) is 9.59 Å². The summed E-state index contributed by atoms with van der Waals surface area (Å²) in [6, 6.07) is 14.2. The number of hydrogen-bond donors (Lipinski definition) is 2. The van der Waals surface area contributed by atoms with Crippen LogP contribution in [0.1, 0.15) is 22.7 Å². The van der Waals surface area contributed by atoms with E-state index in [1.54, 1.807) is 24.3 Å². The molecule has 2 aromatic carbocycles. The topological polar surface area (TPSA) is 104 Å². The van der Waals surface area contributed by atoms with Gasteiger partial charge in [-0.2, -0.15) is 0 Å². The number of hydrogen-bond acceptors (Lipinski definition) is 7. The summed E-state index contributed by atoms with van der Waals surface area (Å²) in [7, 11) is 0. The van der Waals surface area contributed by atoms with Gasteiger partial charge in [-0.05, 0) is 54.4 Å². The largest absolute Gasteiger partial charge is 0.508 e. The van der Waals surface area contributed by atoms with Gasteiger partial charge in [0.05, 0.1) is 21.8 Å². The number of anilines is 1. The van der Waals surface area contributed by atoms with E-state index >= 15 is 0 Å². The van der Waals surface area contributed by atoms with Crippen molar-refractivity contribution >= 4 is 44.1 Å². The second kappa shape index (κ2) is 7.58. The normalized spacial score (nSPS) is 17.9. The lowest BCUT2D eigenvalue weighted by molar-refractivity contribution is -0.132. The molecule has 1 amide bonds. The van der Waals surface area contributed by atoms with Crippen molar-refractivity contribution in [1.29, 1.82) is 0 Å². The van der Waals surface area contributed by atoms with E-state index in [-0.39, 0.29) is 17.1 Å². The zero-order valence-corrected chi connectivity index (χ0v) is 17.7. The molecule has 3 heterocycles. The van der Waals surface area contributed by atoms with E-state index in [1.165, 1.54) is 40.8 Å². The average molecular weight is 443 g/mol. The average Bonchev–Trinajstić information content (AvgIpc) is 3.32. The van der Waals surface area contributed by atoms with Crippen LogP contribution in [0.25, 0.3) is 16.0 Å². The van der Waals surface area contributed by atoms with Crippen LogP contribution >= 0.6 is 11.3 Å². The minimum atomic E-state index is -0.947. The molecular weight excluding hydrogens is 426 g/mol. The Kier molecular flexibility index (Phi) is 4.71. The van der Waals surface area contributed by atoms with E-state index in [9.17, 15) is 19.8 Å². The van der Waals surface area contributed by atoms with Crippen LogP contribution in [0.4, 0.5) is 5.13 Å². The first-order valence-corrected chi connectivity index (χ1v) is 10.6. The number of amides is 1. The Morgan fingerprint density at radius 1 is 1.06 bits per heavy atom. The van der Waals surface area contributed by atoms with E-state index in [2.05, 4.69) is 9.97 Å². The molecule has 7 nitrogen and oxygen atoms in total. The molecule has 0 bridgehead atoms. The molecule has 2 aromatic heterocycles. The standard InChI is InChI=1S/C24H17N3O4S/c1-13-5-6-17-18(11-13)32-24(26-17)27-20(15-3-2-4-16(28)12-15)19(22(30)23(27)31)21(29)14-7-9-25-10-8-14/h2-12,20,28-29H,1H3. The molecule has 158 valence electrons. The van der Waals surface area contributed by atoms with Crippen LogP contribution in [0.2, 0.25) is 0 Å². The summed E-state index contributed by atoms with van der Waals surface area (Å²) in [6.45, 7) is 1.96. The maximum Gasteiger partial charge on any atom is 0.301 e. The molecule has 0 radical (unpaired) electrons. The zero-order chi connectivity index (χ0) is 22.4. The molecule has 1 aliphatic rings. The highest BCUT2D eigenvalue weighted by Gasteiger charge is 2.48. The molecule has 4 aromatic rings. The number of benzene rings is 2. The summed E-state index contributed by atoms with van der Waals surface area (Å²) in [6.07, 6.45) is 2.98. The Balaban J connectivity index is 1.75. The second-order valence-corrected chi connectivity index (χ2v) is 8.48. The predicted molar refractivity (Wildman–Crippen MR) is 121 cm³/mol. The summed E-state index contributed by atoms with van der Waals surface area (Å²) in [5.74, 6) is -1.93. The molecule has 0 saturated carbocycles. The van der Waals surface area contributed by atoms with Crippen LogP contribution in [0.3, 0.4) is 0 Å². The number of fused-ring (bicyclic) bond motifs is 1. The molecule has 2 N–H and O–H groups in total. The van der Waals surface area contributed by atoms with Gasteiger partial charge in [0.15, 0.2) is 5.13 Å². The number of aliphatic hydroxyl groups excluding tert-OH is 1. The van der Waals surface area contributed by atoms with Crippen molar-refractivity contribution in [3.63, 3.8) is 0 Å². The highest BCUT2D eigenvalue weighted by molar-refractivity contribution is 7.22. The molecule has 1 saturated heterocycles. The summed E-state index contributed by atoms with van der Waals surface area (Å²) in [4.78, 5) is 36.1. The number of aryl methyl sites for hydroxylation is 1. The number of aromatic nitrogens is 2. The molecule has 0 spiro atoms. The molecular formula is C24H17N3O4S. The fourth-order valence-corrected chi connectivity index (χ4v) is 4.92. The van der Waals surface area contributed by atoms with Gasteiger partial charge in [-0.3, -0.25) is 19.5 Å². The van der Waals surface area contributed by atoms with Crippen molar-refractivity contribution in [2.75, 3.05) is 4.90 Å². The van der Waals surface area contributed by atoms with Crippen LogP contribution in [0, 0.1) is 6.92 Å². The highest BCUT2D eigenvalue weighted by atomic mass is 32.1. The molecule has 1 atom stereocenters. The third kappa shape index (κ3) is 3.21. The Labute approximate surface area is 186 Å². The number of phenols is 1. The first kappa shape index (κ1) is 19.9. The lowest BCUT2D eigenvalue weighted by atomic mass is 9.95. The zero-order valence-electron chi connectivity index (χ0n) is 16.9. The molecule has 8 heteroatoms. The number of phenolic OH excluding ortho intramolecular Hbond substituents is 1. The Morgan fingerprint density at radius 3 is 2.59 bits per heavy atom. The van der Waals surface area contributed by atoms with Gasteiger partial charge in [-0.15, -0.1) is 0 Å². The van der Waals surface area contributed by atoms with Crippen molar-refractivity contribution in [2.24, 2.45) is 0 Å². The maximum atomic E-state index is 13.2. The number of thiazole rings is 1. The van der Waals surface area contributed by atoms with Crippen molar-refractivity contribution in [3.8, 4) is 5.75 Å². The molecule has 0 aliphatic carbocycles. The lowest BCUT2D eigenvalue weighted by Crippen LogP contribution is -2.29. The number of aliphatic hydroxyl groups is 1. The number of aromatic hydroxyl groups is 1. The number of rotatable bonds is 3. The number of ketones is 1. The number of Topliss-reactive ketones (excluding diaryl/α,β-unsaturated/α-hetero) is 1. The molecule has 32 heavy (non-hydrogen) atoms. The summed E-state index contributed by atoms with van der Waals surface area (Å²) >= 11 is 1.29. The SMILES string of the molecule is Cc1ccc2nc(N3C(=O)C(=O)C(=C(O)c4ccncc4)C3c3cccc(O)c3)sc2c1. The third-order valence-corrected chi connectivity index (χ3v) is 6.34. The summed E-state index contributed by atoms with van der Waals surface area (Å²) in [5.41, 5.74) is 2.54. The van der Waals surface area contributed by atoms with Crippen molar-refractivity contribution < 1.29 is 19.8 Å². The smallest absolute Gasteiger partial charge is 0.301 e. The van der Waals surface area contributed by atoms with Crippen LogP contribution in [0.15, 0.2) is 72.6 Å². The number of carbonyl (C=O) groups excluding carboxylic acids is 2. The monoisotopic (exact) mass is 443 g/mol. The van der Waals surface area contributed by atoms with Gasteiger partial charge in [0.25, 0.3) is 5.78 Å². The third-order valence-electron chi connectivity index (χ3n) is 5.32. The lowest BCUT2D eigenvalue weighted by Gasteiger charge is -2.23. The predicted octanol–water partition coefficient (Wildman–Crippen LogP) is 4.33. The van der Waals surface area contributed by atoms with E-state index < -0.39 is 17.7 Å². The number of carbonyl (C=O) groups is 2. The van der Waals surface area contributed by atoms with Gasteiger partial charge in [-0.25, -0.2) is 4.98 Å². The minimum absolute atomic E-state index is 0.0167. The molecule has 5 rings (SSSR count). The Bertz CT molecular complexity index is 1410. The highest BCUT2D eigenvalue weighted by Crippen LogP contribution is 2.44. The van der Waals surface area contributed by atoms with E-state index in [4.69, 9.17) is 0 Å².